The zero-order valence-electron chi connectivity index (χ0n) is 9.04. The second kappa shape index (κ2) is 4.76. The van der Waals surface area contributed by atoms with Crippen LogP contribution in [0, 0.1) is 0 Å². The normalized spacial score (nSPS) is 10.6. The van der Waals surface area contributed by atoms with E-state index in [0.717, 1.165) is 5.56 Å². The van der Waals surface area contributed by atoms with Crippen molar-refractivity contribution in [2.24, 2.45) is 7.05 Å². The van der Waals surface area contributed by atoms with Crippen molar-refractivity contribution in [2.75, 3.05) is 0 Å². The minimum Gasteiger partial charge on any atom is -0.354 e. The lowest BCUT2D eigenvalue weighted by Gasteiger charge is -2.02. The van der Waals surface area contributed by atoms with Crippen molar-refractivity contribution < 1.29 is 4.74 Å². The van der Waals surface area contributed by atoms with Crippen LogP contribution in [0.4, 0.5) is 0 Å². The van der Waals surface area contributed by atoms with Crippen LogP contribution in [0.2, 0.25) is 0 Å². The van der Waals surface area contributed by atoms with Crippen LogP contribution in [0.5, 0.6) is 0 Å². The molecule has 2 rings (SSSR count). The molecule has 16 heavy (non-hydrogen) atoms. The molecule has 84 valence electrons. The van der Waals surface area contributed by atoms with E-state index in [1.54, 1.807) is 7.05 Å². The number of hydrogen-bond acceptors (Lipinski definition) is 3. The molecule has 0 aliphatic rings. The number of benzene rings is 1. The van der Waals surface area contributed by atoms with Gasteiger partial charge in [-0.25, -0.2) is 4.79 Å². The Morgan fingerprint density at radius 1 is 1.31 bits per heavy atom. The summed E-state index contributed by atoms with van der Waals surface area (Å²) < 4.78 is 8.08. The van der Waals surface area contributed by atoms with Gasteiger partial charge in [-0.15, -0.1) is 0 Å². The van der Waals surface area contributed by atoms with E-state index < -0.39 is 0 Å². The largest absolute Gasteiger partial charge is 0.354 e. The Hall–Kier alpha value is -1.88. The molecule has 0 bridgehead atoms. The average Bonchev–Trinajstić information content (AvgIpc) is 2.62. The van der Waals surface area contributed by atoms with Gasteiger partial charge in [-0.05, 0) is 5.56 Å². The maximum absolute atomic E-state index is 11.4. The Bertz CT molecular complexity index is 501. The fraction of sp³-hybridized carbons (Fsp3) is 0.273. The van der Waals surface area contributed by atoms with Crippen molar-refractivity contribution in [2.45, 2.75) is 13.3 Å². The highest BCUT2D eigenvalue weighted by Gasteiger charge is 2.00. The molecule has 0 aliphatic carbocycles. The minimum absolute atomic E-state index is 0.173. The summed E-state index contributed by atoms with van der Waals surface area (Å²) in [6, 6.07) is 9.80. The Kier molecular flexibility index (Phi) is 3.16. The van der Waals surface area contributed by atoms with Gasteiger partial charge in [-0.1, -0.05) is 30.3 Å². The number of aryl methyl sites for hydroxylation is 1. The van der Waals surface area contributed by atoms with Crippen molar-refractivity contribution in [1.82, 2.24) is 14.3 Å². The number of ether oxygens (including phenoxy) is 1. The van der Waals surface area contributed by atoms with Crippen LogP contribution >= 0.6 is 0 Å². The molecule has 0 unspecified atom stereocenters. The van der Waals surface area contributed by atoms with Crippen LogP contribution in [0.1, 0.15) is 5.56 Å². The lowest BCUT2D eigenvalue weighted by atomic mass is 10.2. The molecular formula is C11H13N3O2. The van der Waals surface area contributed by atoms with E-state index >= 15 is 0 Å². The predicted molar refractivity (Wildman–Crippen MR) is 58.7 cm³/mol. The molecule has 5 nitrogen and oxygen atoms in total. The van der Waals surface area contributed by atoms with Gasteiger partial charge in [0.15, 0.2) is 0 Å². The maximum atomic E-state index is 11.4. The molecule has 1 heterocycles. The van der Waals surface area contributed by atoms with Gasteiger partial charge in [0.25, 0.3) is 0 Å². The van der Waals surface area contributed by atoms with Crippen molar-refractivity contribution in [3.8, 4) is 0 Å². The summed E-state index contributed by atoms with van der Waals surface area (Å²) in [7, 11) is 1.66. The lowest BCUT2D eigenvalue weighted by Crippen LogP contribution is -2.24. The van der Waals surface area contributed by atoms with Crippen LogP contribution < -0.4 is 5.69 Å². The number of rotatable bonds is 4. The molecule has 1 aromatic carbocycles. The Morgan fingerprint density at radius 3 is 2.69 bits per heavy atom. The molecule has 0 atom stereocenters. The molecule has 5 heteroatoms. The summed E-state index contributed by atoms with van der Waals surface area (Å²) in [6.07, 6.45) is 1.47. The zero-order valence-corrected chi connectivity index (χ0v) is 9.04. The number of nitrogens with zero attached hydrogens (tertiary/aromatic N) is 3. The third kappa shape index (κ3) is 2.38. The summed E-state index contributed by atoms with van der Waals surface area (Å²) in [5.74, 6) is 0. The highest BCUT2D eigenvalue weighted by atomic mass is 16.5. The van der Waals surface area contributed by atoms with E-state index in [-0.39, 0.29) is 12.4 Å². The van der Waals surface area contributed by atoms with E-state index in [0.29, 0.717) is 6.61 Å². The Balaban J connectivity index is 1.90. The van der Waals surface area contributed by atoms with E-state index in [1.165, 1.54) is 15.6 Å². The van der Waals surface area contributed by atoms with Crippen LogP contribution in [0.3, 0.4) is 0 Å². The first-order valence-corrected chi connectivity index (χ1v) is 4.97. The van der Waals surface area contributed by atoms with Gasteiger partial charge in [-0.3, -0.25) is 4.57 Å². The standard InChI is InChI=1S/C11H13N3O2/c1-13-8-12-14(11(13)15)9-16-7-10-5-3-2-4-6-10/h2-6,8H,7,9H2,1H3. The van der Waals surface area contributed by atoms with Crippen molar-refractivity contribution >= 4 is 0 Å². The van der Waals surface area contributed by atoms with Gasteiger partial charge >= 0.3 is 5.69 Å². The van der Waals surface area contributed by atoms with Crippen molar-refractivity contribution in [3.05, 3.63) is 52.7 Å². The molecule has 0 saturated carbocycles. The van der Waals surface area contributed by atoms with Crippen LogP contribution in [0.25, 0.3) is 0 Å². The molecule has 0 amide bonds. The van der Waals surface area contributed by atoms with E-state index in [2.05, 4.69) is 5.10 Å². The maximum Gasteiger partial charge on any atom is 0.347 e. The molecule has 2 aromatic rings. The molecule has 0 N–H and O–H groups in total. The third-order valence-electron chi connectivity index (χ3n) is 2.21. The summed E-state index contributed by atoms with van der Waals surface area (Å²) in [6.45, 7) is 0.651. The summed E-state index contributed by atoms with van der Waals surface area (Å²) in [5, 5.41) is 3.89. The first-order chi connectivity index (χ1) is 7.77. The highest BCUT2D eigenvalue weighted by molar-refractivity contribution is 5.13. The Labute approximate surface area is 92.9 Å². The van der Waals surface area contributed by atoms with E-state index in [1.807, 2.05) is 30.3 Å². The van der Waals surface area contributed by atoms with Gasteiger partial charge in [0, 0.05) is 7.05 Å². The Morgan fingerprint density at radius 2 is 2.06 bits per heavy atom. The average molecular weight is 219 g/mol. The number of hydrogen-bond donors (Lipinski definition) is 0. The fourth-order valence-corrected chi connectivity index (χ4v) is 1.33. The summed E-state index contributed by atoms with van der Waals surface area (Å²) in [4.78, 5) is 11.4. The molecule has 1 aromatic heterocycles. The van der Waals surface area contributed by atoms with Gasteiger partial charge in [0.2, 0.25) is 0 Å². The number of aromatic nitrogens is 3. The lowest BCUT2D eigenvalue weighted by molar-refractivity contribution is 0.0534. The second-order valence-electron chi connectivity index (χ2n) is 3.49. The molecule has 0 radical (unpaired) electrons. The predicted octanol–water partition coefficient (Wildman–Crippen LogP) is 0.756. The zero-order chi connectivity index (χ0) is 11.4. The summed E-state index contributed by atoms with van der Waals surface area (Å²) in [5.41, 5.74) is 0.902. The molecule has 0 saturated heterocycles. The fourth-order valence-electron chi connectivity index (χ4n) is 1.33. The SMILES string of the molecule is Cn1cnn(COCc2ccccc2)c1=O. The highest BCUT2D eigenvalue weighted by Crippen LogP contribution is 2.00. The topological polar surface area (TPSA) is 49.0 Å². The van der Waals surface area contributed by atoms with E-state index in [4.69, 9.17) is 4.74 Å². The summed E-state index contributed by atoms with van der Waals surface area (Å²) >= 11 is 0. The van der Waals surface area contributed by atoms with Gasteiger partial charge in [0.05, 0.1) is 6.61 Å². The minimum atomic E-state index is -0.173. The van der Waals surface area contributed by atoms with Crippen molar-refractivity contribution in [1.29, 1.82) is 0 Å². The third-order valence-corrected chi connectivity index (χ3v) is 2.21. The monoisotopic (exact) mass is 219 g/mol. The smallest absolute Gasteiger partial charge is 0.347 e. The molecule has 0 fully saturated rings. The van der Waals surface area contributed by atoms with Gasteiger partial charge < -0.3 is 4.74 Å². The molecule has 0 aliphatic heterocycles. The quantitative estimate of drug-likeness (QED) is 0.762. The van der Waals surface area contributed by atoms with Gasteiger partial charge in [-0.2, -0.15) is 9.78 Å². The van der Waals surface area contributed by atoms with Crippen LogP contribution in [0.15, 0.2) is 41.5 Å². The molecule has 0 spiro atoms. The van der Waals surface area contributed by atoms with Crippen molar-refractivity contribution in [3.63, 3.8) is 0 Å². The van der Waals surface area contributed by atoms with Crippen LogP contribution in [-0.2, 0) is 25.1 Å². The first-order valence-electron chi connectivity index (χ1n) is 4.97. The van der Waals surface area contributed by atoms with Gasteiger partial charge in [0.1, 0.15) is 13.1 Å². The second-order valence-corrected chi connectivity index (χ2v) is 3.49. The molecular weight excluding hydrogens is 206 g/mol. The first kappa shape index (κ1) is 10.6. The van der Waals surface area contributed by atoms with E-state index in [9.17, 15) is 4.79 Å². The van der Waals surface area contributed by atoms with Crippen LogP contribution in [-0.4, -0.2) is 14.3 Å².